The van der Waals surface area contributed by atoms with Crippen molar-refractivity contribution in [3.8, 4) is 0 Å². The van der Waals surface area contributed by atoms with E-state index in [2.05, 4.69) is 25.7 Å². The molecule has 0 aliphatic heterocycles. The molecule has 1 heteroatoms. The molecule has 60 valence electrons. The molecule has 0 aliphatic rings. The average molecular weight is 141 g/mol. The Kier molecular flexibility index (Phi) is 4.37. The molecule has 0 heterocycles. The topological polar surface area (TPSA) is 12.0 Å². The summed E-state index contributed by atoms with van der Waals surface area (Å²) in [6, 6.07) is 0. The first-order chi connectivity index (χ1) is 4.68. The molecule has 10 heavy (non-hydrogen) atoms. The van der Waals surface area contributed by atoms with Crippen LogP contribution in [0.2, 0.25) is 0 Å². The van der Waals surface area contributed by atoms with Crippen LogP contribution in [0.1, 0.15) is 33.1 Å². The molecule has 0 aromatic rings. The van der Waals surface area contributed by atoms with Gasteiger partial charge < -0.3 is 5.32 Å². The first-order valence-corrected chi connectivity index (χ1v) is 3.98. The van der Waals surface area contributed by atoms with E-state index >= 15 is 0 Å². The van der Waals surface area contributed by atoms with Gasteiger partial charge in [0.25, 0.3) is 0 Å². The highest BCUT2D eigenvalue weighted by Crippen LogP contribution is 2.15. The minimum absolute atomic E-state index is 0.314. The van der Waals surface area contributed by atoms with Crippen molar-refractivity contribution in [2.45, 2.75) is 38.6 Å². The molecular weight excluding hydrogens is 122 g/mol. The van der Waals surface area contributed by atoms with Gasteiger partial charge in [0.1, 0.15) is 0 Å². The van der Waals surface area contributed by atoms with Crippen LogP contribution >= 0.6 is 0 Å². The van der Waals surface area contributed by atoms with Gasteiger partial charge in [-0.25, -0.2) is 0 Å². The molecule has 0 bridgehead atoms. The van der Waals surface area contributed by atoms with Crippen LogP contribution in [-0.2, 0) is 0 Å². The third-order valence-electron chi connectivity index (χ3n) is 2.28. The second-order valence-electron chi connectivity index (χ2n) is 2.99. The Morgan fingerprint density at radius 3 is 2.50 bits per heavy atom. The van der Waals surface area contributed by atoms with Crippen molar-refractivity contribution in [3.05, 3.63) is 12.7 Å². The highest BCUT2D eigenvalue weighted by Gasteiger charge is 2.16. The van der Waals surface area contributed by atoms with E-state index in [9.17, 15) is 0 Å². The lowest BCUT2D eigenvalue weighted by atomic mass is 9.93. The minimum atomic E-state index is 0.314. The first-order valence-electron chi connectivity index (χ1n) is 3.98. The molecule has 0 amide bonds. The van der Waals surface area contributed by atoms with E-state index in [0.717, 1.165) is 6.42 Å². The van der Waals surface area contributed by atoms with Crippen molar-refractivity contribution < 1.29 is 0 Å². The van der Waals surface area contributed by atoms with Crippen molar-refractivity contribution in [2.75, 3.05) is 7.05 Å². The van der Waals surface area contributed by atoms with Gasteiger partial charge in [-0.05, 0) is 33.2 Å². The zero-order valence-corrected chi connectivity index (χ0v) is 7.41. The standard InChI is InChI=1S/C9H19N/c1-5-7-8-9(3,6-2)10-4/h5,10H,1,6-8H2,2-4H3. The average Bonchev–Trinajstić information content (AvgIpc) is 2.00. The van der Waals surface area contributed by atoms with Crippen LogP contribution in [0.3, 0.4) is 0 Å². The Morgan fingerprint density at radius 2 is 2.20 bits per heavy atom. The summed E-state index contributed by atoms with van der Waals surface area (Å²) in [4.78, 5) is 0. The number of hydrogen-bond acceptors (Lipinski definition) is 1. The fourth-order valence-electron chi connectivity index (χ4n) is 0.899. The summed E-state index contributed by atoms with van der Waals surface area (Å²) in [6.45, 7) is 8.16. The van der Waals surface area contributed by atoms with Gasteiger partial charge in [-0.2, -0.15) is 0 Å². The second-order valence-corrected chi connectivity index (χ2v) is 2.99. The lowest BCUT2D eigenvalue weighted by Gasteiger charge is -2.27. The Balaban J connectivity index is 3.68. The van der Waals surface area contributed by atoms with E-state index in [1.165, 1.54) is 12.8 Å². The molecule has 0 saturated carbocycles. The summed E-state index contributed by atoms with van der Waals surface area (Å²) in [6.07, 6.45) is 5.44. The largest absolute Gasteiger partial charge is 0.315 e. The zero-order valence-electron chi connectivity index (χ0n) is 7.41. The third-order valence-corrected chi connectivity index (χ3v) is 2.28. The minimum Gasteiger partial charge on any atom is -0.315 e. The van der Waals surface area contributed by atoms with E-state index in [4.69, 9.17) is 0 Å². The molecule has 1 atom stereocenters. The Labute approximate surface area is 64.5 Å². The molecule has 0 aromatic carbocycles. The molecule has 1 unspecified atom stereocenters. The van der Waals surface area contributed by atoms with Crippen LogP contribution in [0.4, 0.5) is 0 Å². The van der Waals surface area contributed by atoms with Crippen LogP contribution in [-0.4, -0.2) is 12.6 Å². The maximum absolute atomic E-state index is 3.70. The molecule has 0 radical (unpaired) electrons. The van der Waals surface area contributed by atoms with E-state index in [1.54, 1.807) is 0 Å². The highest BCUT2D eigenvalue weighted by molar-refractivity contribution is 4.82. The van der Waals surface area contributed by atoms with Gasteiger partial charge in [0.2, 0.25) is 0 Å². The van der Waals surface area contributed by atoms with Gasteiger partial charge in [-0.1, -0.05) is 13.0 Å². The third kappa shape index (κ3) is 3.02. The van der Waals surface area contributed by atoms with Gasteiger partial charge >= 0.3 is 0 Å². The quantitative estimate of drug-likeness (QED) is 0.579. The number of allylic oxidation sites excluding steroid dienone is 1. The van der Waals surface area contributed by atoms with Gasteiger partial charge in [-0.15, -0.1) is 6.58 Å². The molecule has 0 fully saturated rings. The lowest BCUT2D eigenvalue weighted by molar-refractivity contribution is 0.348. The molecule has 1 nitrogen and oxygen atoms in total. The Bertz CT molecular complexity index is 92.9. The van der Waals surface area contributed by atoms with Gasteiger partial charge in [0.15, 0.2) is 0 Å². The number of nitrogens with one attached hydrogen (secondary N) is 1. The van der Waals surface area contributed by atoms with Crippen molar-refractivity contribution in [1.29, 1.82) is 0 Å². The Hall–Kier alpha value is -0.300. The van der Waals surface area contributed by atoms with Crippen LogP contribution in [0.25, 0.3) is 0 Å². The van der Waals surface area contributed by atoms with Crippen molar-refractivity contribution in [3.63, 3.8) is 0 Å². The number of rotatable bonds is 5. The summed E-state index contributed by atoms with van der Waals surface area (Å²) in [5, 5.41) is 3.32. The maximum atomic E-state index is 3.70. The SMILES string of the molecule is C=CCCC(C)(CC)NC. The second kappa shape index (κ2) is 4.51. The molecule has 0 aliphatic carbocycles. The Morgan fingerprint density at radius 1 is 1.60 bits per heavy atom. The van der Waals surface area contributed by atoms with Crippen LogP contribution in [0.15, 0.2) is 12.7 Å². The summed E-state index contributed by atoms with van der Waals surface area (Å²) in [5.74, 6) is 0. The number of hydrogen-bond donors (Lipinski definition) is 1. The summed E-state index contributed by atoms with van der Waals surface area (Å²) >= 11 is 0. The molecule has 0 spiro atoms. The predicted molar refractivity (Wildman–Crippen MR) is 47.2 cm³/mol. The summed E-state index contributed by atoms with van der Waals surface area (Å²) in [7, 11) is 2.02. The monoisotopic (exact) mass is 141 g/mol. The fraction of sp³-hybridized carbons (Fsp3) is 0.778. The first kappa shape index (κ1) is 9.70. The van der Waals surface area contributed by atoms with Gasteiger partial charge in [0, 0.05) is 5.54 Å². The summed E-state index contributed by atoms with van der Waals surface area (Å²) < 4.78 is 0. The fourth-order valence-corrected chi connectivity index (χ4v) is 0.899. The van der Waals surface area contributed by atoms with Gasteiger partial charge in [-0.3, -0.25) is 0 Å². The molecule has 0 aromatic heterocycles. The molecule has 1 N–H and O–H groups in total. The van der Waals surface area contributed by atoms with Crippen molar-refractivity contribution >= 4 is 0 Å². The van der Waals surface area contributed by atoms with Crippen LogP contribution < -0.4 is 5.32 Å². The van der Waals surface area contributed by atoms with Crippen molar-refractivity contribution in [1.82, 2.24) is 5.32 Å². The predicted octanol–water partition coefficient (Wildman–Crippen LogP) is 2.34. The van der Waals surface area contributed by atoms with Gasteiger partial charge in [0.05, 0.1) is 0 Å². The lowest BCUT2D eigenvalue weighted by Crippen LogP contribution is -2.38. The smallest absolute Gasteiger partial charge is 0.0150 e. The van der Waals surface area contributed by atoms with E-state index < -0.39 is 0 Å². The molecule has 0 saturated heterocycles. The van der Waals surface area contributed by atoms with E-state index in [-0.39, 0.29) is 0 Å². The molecular formula is C9H19N. The maximum Gasteiger partial charge on any atom is 0.0150 e. The summed E-state index contributed by atoms with van der Waals surface area (Å²) in [5.41, 5.74) is 0.314. The zero-order chi connectivity index (χ0) is 8.04. The van der Waals surface area contributed by atoms with Crippen molar-refractivity contribution in [2.24, 2.45) is 0 Å². The molecule has 0 rings (SSSR count). The van der Waals surface area contributed by atoms with E-state index in [0.29, 0.717) is 5.54 Å². The highest BCUT2D eigenvalue weighted by atomic mass is 14.9. The van der Waals surface area contributed by atoms with Crippen LogP contribution in [0.5, 0.6) is 0 Å². The normalized spacial score (nSPS) is 16.3. The van der Waals surface area contributed by atoms with E-state index in [1.807, 2.05) is 13.1 Å². The van der Waals surface area contributed by atoms with Crippen LogP contribution in [0, 0.1) is 0 Å².